The van der Waals surface area contributed by atoms with Gasteiger partial charge in [0.05, 0.1) is 17.3 Å². The van der Waals surface area contributed by atoms with Gasteiger partial charge in [0.2, 0.25) is 11.8 Å². The number of hydrogen-bond acceptors (Lipinski definition) is 4. The number of carbonyl (C=O) groups excluding carboxylic acids is 2. The molecule has 1 aromatic carbocycles. The molecule has 3 aromatic rings. The van der Waals surface area contributed by atoms with Gasteiger partial charge in [-0.15, -0.1) is 0 Å². The molecular formula is C20H18FN5O2. The van der Waals surface area contributed by atoms with Crippen LogP contribution in [-0.4, -0.2) is 33.1 Å². The van der Waals surface area contributed by atoms with Gasteiger partial charge in [-0.1, -0.05) is 6.07 Å². The number of nitrogens with zero attached hydrogens (tertiary/aromatic N) is 4. The van der Waals surface area contributed by atoms with E-state index in [9.17, 15) is 14.0 Å². The van der Waals surface area contributed by atoms with Gasteiger partial charge in [0.15, 0.2) is 5.82 Å². The van der Waals surface area contributed by atoms with Crippen LogP contribution in [0.1, 0.15) is 12.0 Å². The Balaban J connectivity index is 1.52. The molecule has 0 bridgehead atoms. The maximum atomic E-state index is 14.2. The standard InChI is InChI=1S/C20H18FN5O2/c1-13-5-6-17(15(21)10-13)25-12-14(11-18(25)27)20(28)24-16-4-2-7-22-19(16)26-9-3-8-23-26/h2-10,14H,11-12H2,1H3,(H,24,28). The Labute approximate surface area is 160 Å². The molecule has 1 atom stereocenters. The number of benzene rings is 1. The third-order valence-corrected chi connectivity index (χ3v) is 4.66. The van der Waals surface area contributed by atoms with E-state index in [0.717, 1.165) is 5.56 Å². The van der Waals surface area contributed by atoms with E-state index in [2.05, 4.69) is 15.4 Å². The molecule has 1 fully saturated rings. The molecule has 0 radical (unpaired) electrons. The van der Waals surface area contributed by atoms with Crippen LogP contribution in [0.4, 0.5) is 15.8 Å². The number of pyridine rings is 1. The molecule has 0 spiro atoms. The average molecular weight is 379 g/mol. The highest BCUT2D eigenvalue weighted by Crippen LogP contribution is 2.29. The van der Waals surface area contributed by atoms with Gasteiger partial charge in [-0.05, 0) is 42.8 Å². The summed E-state index contributed by atoms with van der Waals surface area (Å²) in [6.07, 6.45) is 4.97. The highest BCUT2D eigenvalue weighted by molar-refractivity contribution is 6.04. The average Bonchev–Trinajstić information content (AvgIpc) is 3.32. The zero-order valence-corrected chi connectivity index (χ0v) is 15.2. The molecule has 4 rings (SSSR count). The van der Waals surface area contributed by atoms with Crippen molar-refractivity contribution < 1.29 is 14.0 Å². The molecule has 1 aliphatic heterocycles. The molecule has 2 amide bonds. The Morgan fingerprint density at radius 3 is 2.86 bits per heavy atom. The molecule has 1 aliphatic rings. The van der Waals surface area contributed by atoms with Gasteiger partial charge < -0.3 is 10.2 Å². The van der Waals surface area contributed by atoms with Crippen molar-refractivity contribution in [2.75, 3.05) is 16.8 Å². The van der Waals surface area contributed by atoms with Crippen LogP contribution < -0.4 is 10.2 Å². The third kappa shape index (κ3) is 3.36. The summed E-state index contributed by atoms with van der Waals surface area (Å²) in [5.41, 5.74) is 1.46. The monoisotopic (exact) mass is 379 g/mol. The van der Waals surface area contributed by atoms with Gasteiger partial charge in [-0.3, -0.25) is 9.59 Å². The zero-order valence-electron chi connectivity index (χ0n) is 15.2. The van der Waals surface area contributed by atoms with Crippen LogP contribution in [0.2, 0.25) is 0 Å². The highest BCUT2D eigenvalue weighted by atomic mass is 19.1. The van der Waals surface area contributed by atoms with Crippen LogP contribution in [0.5, 0.6) is 0 Å². The summed E-state index contributed by atoms with van der Waals surface area (Å²) in [5.74, 6) is -1.17. The topological polar surface area (TPSA) is 80.1 Å². The summed E-state index contributed by atoms with van der Waals surface area (Å²) in [4.78, 5) is 30.7. The molecule has 0 aliphatic carbocycles. The van der Waals surface area contributed by atoms with Crippen LogP contribution in [0.25, 0.3) is 5.82 Å². The number of carbonyl (C=O) groups is 2. The summed E-state index contributed by atoms with van der Waals surface area (Å²) in [6, 6.07) is 9.86. The molecule has 3 heterocycles. The second kappa shape index (κ2) is 7.22. The van der Waals surface area contributed by atoms with Crippen LogP contribution in [0.3, 0.4) is 0 Å². The van der Waals surface area contributed by atoms with Gasteiger partial charge in [-0.2, -0.15) is 5.10 Å². The Morgan fingerprint density at radius 1 is 1.25 bits per heavy atom. The predicted molar refractivity (Wildman–Crippen MR) is 102 cm³/mol. The van der Waals surface area contributed by atoms with Gasteiger partial charge in [-0.25, -0.2) is 14.1 Å². The first-order chi connectivity index (χ1) is 13.5. The Hall–Kier alpha value is -3.55. The number of hydrogen-bond donors (Lipinski definition) is 1. The maximum absolute atomic E-state index is 14.2. The molecule has 0 saturated carbocycles. The van der Waals surface area contributed by atoms with Gasteiger partial charge in [0.1, 0.15) is 5.82 Å². The Kier molecular flexibility index (Phi) is 4.60. The molecule has 1 N–H and O–H groups in total. The van der Waals surface area contributed by atoms with E-state index in [1.54, 1.807) is 60.5 Å². The van der Waals surface area contributed by atoms with E-state index in [4.69, 9.17) is 0 Å². The Bertz CT molecular complexity index is 1030. The van der Waals surface area contributed by atoms with Crippen molar-refractivity contribution in [2.45, 2.75) is 13.3 Å². The minimum absolute atomic E-state index is 0.0243. The number of nitrogens with one attached hydrogen (secondary N) is 1. The van der Waals surface area contributed by atoms with Gasteiger partial charge >= 0.3 is 0 Å². The van der Waals surface area contributed by atoms with E-state index in [0.29, 0.717) is 11.5 Å². The Morgan fingerprint density at radius 2 is 2.11 bits per heavy atom. The number of amides is 2. The fraction of sp³-hybridized carbons (Fsp3) is 0.200. The van der Waals surface area contributed by atoms with Crippen molar-refractivity contribution in [3.8, 4) is 5.82 Å². The van der Waals surface area contributed by atoms with E-state index in [1.807, 2.05) is 0 Å². The second-order valence-corrected chi connectivity index (χ2v) is 6.67. The molecule has 7 nitrogen and oxygen atoms in total. The molecule has 2 aromatic heterocycles. The zero-order chi connectivity index (χ0) is 19.7. The predicted octanol–water partition coefficient (Wildman–Crippen LogP) is 2.71. The highest BCUT2D eigenvalue weighted by Gasteiger charge is 2.36. The SMILES string of the molecule is Cc1ccc(N2CC(C(=O)Nc3cccnc3-n3cccn3)CC2=O)c(F)c1. The van der Waals surface area contributed by atoms with Gasteiger partial charge in [0, 0.05) is 31.6 Å². The first-order valence-electron chi connectivity index (χ1n) is 8.85. The fourth-order valence-electron chi connectivity index (χ4n) is 3.25. The summed E-state index contributed by atoms with van der Waals surface area (Å²) in [6.45, 7) is 1.90. The van der Waals surface area contributed by atoms with Crippen molar-refractivity contribution in [3.63, 3.8) is 0 Å². The third-order valence-electron chi connectivity index (χ3n) is 4.66. The summed E-state index contributed by atoms with van der Waals surface area (Å²) >= 11 is 0. The molecule has 142 valence electrons. The number of anilines is 2. The molecule has 1 saturated heterocycles. The lowest BCUT2D eigenvalue weighted by molar-refractivity contribution is -0.122. The van der Waals surface area contributed by atoms with Crippen molar-refractivity contribution in [1.82, 2.24) is 14.8 Å². The lowest BCUT2D eigenvalue weighted by atomic mass is 10.1. The van der Waals surface area contributed by atoms with Crippen LogP contribution >= 0.6 is 0 Å². The smallest absolute Gasteiger partial charge is 0.229 e. The molecule has 8 heteroatoms. The van der Waals surface area contributed by atoms with Crippen LogP contribution in [0, 0.1) is 18.7 Å². The molecule has 28 heavy (non-hydrogen) atoms. The van der Waals surface area contributed by atoms with Crippen LogP contribution in [0.15, 0.2) is 55.0 Å². The second-order valence-electron chi connectivity index (χ2n) is 6.67. The van der Waals surface area contributed by atoms with Gasteiger partial charge in [0.25, 0.3) is 0 Å². The maximum Gasteiger partial charge on any atom is 0.229 e. The van der Waals surface area contributed by atoms with Crippen LogP contribution in [-0.2, 0) is 9.59 Å². The van der Waals surface area contributed by atoms with E-state index in [-0.39, 0.29) is 30.5 Å². The normalized spacial score (nSPS) is 16.4. The van der Waals surface area contributed by atoms with Crippen molar-refractivity contribution in [3.05, 3.63) is 66.4 Å². The summed E-state index contributed by atoms with van der Waals surface area (Å²) < 4.78 is 15.8. The lowest BCUT2D eigenvalue weighted by Crippen LogP contribution is -2.29. The van der Waals surface area contributed by atoms with E-state index < -0.39 is 11.7 Å². The van der Waals surface area contributed by atoms with E-state index in [1.165, 1.54) is 11.0 Å². The summed E-state index contributed by atoms with van der Waals surface area (Å²) in [7, 11) is 0. The van der Waals surface area contributed by atoms with E-state index >= 15 is 0 Å². The molecule has 1 unspecified atom stereocenters. The number of aromatic nitrogens is 3. The lowest BCUT2D eigenvalue weighted by Gasteiger charge is -2.18. The fourth-order valence-corrected chi connectivity index (χ4v) is 3.25. The first kappa shape index (κ1) is 17.8. The molecular weight excluding hydrogens is 361 g/mol. The number of rotatable bonds is 4. The first-order valence-corrected chi connectivity index (χ1v) is 8.85. The number of aryl methyl sites for hydroxylation is 1. The minimum atomic E-state index is -0.584. The largest absolute Gasteiger partial charge is 0.323 e. The van der Waals surface area contributed by atoms with Crippen molar-refractivity contribution in [1.29, 1.82) is 0 Å². The summed E-state index contributed by atoms with van der Waals surface area (Å²) in [5, 5.41) is 6.95. The minimum Gasteiger partial charge on any atom is -0.323 e. The quantitative estimate of drug-likeness (QED) is 0.756. The number of halogens is 1. The van der Waals surface area contributed by atoms with Crippen molar-refractivity contribution in [2.24, 2.45) is 5.92 Å². The van der Waals surface area contributed by atoms with Crippen molar-refractivity contribution >= 4 is 23.2 Å².